The fourth-order valence-corrected chi connectivity index (χ4v) is 0.109. The molecule has 0 atom stereocenters. The zero-order chi connectivity index (χ0) is 6.73. The van der Waals surface area contributed by atoms with Crippen molar-refractivity contribution < 1.29 is 14.8 Å². The summed E-state index contributed by atoms with van der Waals surface area (Å²) >= 11 is 0. The summed E-state index contributed by atoms with van der Waals surface area (Å²) in [6.45, 7) is 0. The second-order valence-corrected chi connectivity index (χ2v) is 0.988. The van der Waals surface area contributed by atoms with Crippen molar-refractivity contribution in [3.8, 4) is 0 Å². The Morgan fingerprint density at radius 2 is 1.50 bits per heavy atom. The lowest BCUT2D eigenvalue weighted by molar-refractivity contribution is 0.00503. The van der Waals surface area contributed by atoms with Gasteiger partial charge in [-0.1, -0.05) is 0 Å². The number of nitrogens with zero attached hydrogens (tertiary/aromatic N) is 1. The Kier molecular flexibility index (Phi) is 1.78. The van der Waals surface area contributed by atoms with Gasteiger partial charge >= 0.3 is 12.1 Å². The van der Waals surface area contributed by atoms with Gasteiger partial charge in [0, 0.05) is 0 Å². The van der Waals surface area contributed by atoms with Gasteiger partial charge < -0.3 is 11.5 Å². The summed E-state index contributed by atoms with van der Waals surface area (Å²) in [7, 11) is 0. The summed E-state index contributed by atoms with van der Waals surface area (Å²) in [6.07, 6.45) is 0. The number of carbonyl (C=O) groups excluding carboxylic acids is 2. The van der Waals surface area contributed by atoms with Crippen molar-refractivity contribution in [1.29, 1.82) is 0 Å². The van der Waals surface area contributed by atoms with E-state index >= 15 is 0 Å². The first-order chi connectivity index (χ1) is 3.55. The number of nitrogens with two attached hydrogens (primary N) is 2. The lowest BCUT2D eigenvalue weighted by Gasteiger charge is -2.03. The smallest absolute Gasteiger partial charge is 0.347 e. The van der Waals surface area contributed by atoms with Crippen LogP contribution in [0.4, 0.5) is 9.59 Å². The molecule has 0 aliphatic rings. The first-order valence-corrected chi connectivity index (χ1v) is 1.63. The average Bonchev–Trinajstić information content (AvgIpc) is 1.64. The summed E-state index contributed by atoms with van der Waals surface area (Å²) in [4.78, 5) is 19.5. The molecule has 0 aromatic heterocycles. The van der Waals surface area contributed by atoms with Gasteiger partial charge in [0.25, 0.3) is 0 Å². The maximum atomic E-state index is 9.74. The SMILES string of the molecule is NC(=O)N(O)C(N)=O. The van der Waals surface area contributed by atoms with Crippen LogP contribution in [0, 0.1) is 0 Å². The fraction of sp³-hybridized carbons (Fsp3) is 0. The highest BCUT2D eigenvalue weighted by Gasteiger charge is 2.09. The fourth-order valence-electron chi connectivity index (χ4n) is 0.109. The maximum absolute atomic E-state index is 9.74. The zero-order valence-corrected chi connectivity index (χ0v) is 3.87. The molecule has 0 saturated carbocycles. The lowest BCUT2D eigenvalue weighted by atomic mass is 10.9. The van der Waals surface area contributed by atoms with Crippen molar-refractivity contribution in [2.45, 2.75) is 0 Å². The second-order valence-electron chi connectivity index (χ2n) is 0.988. The quantitative estimate of drug-likeness (QED) is 0.276. The molecule has 6 heteroatoms. The Morgan fingerprint density at radius 1 is 1.25 bits per heavy atom. The molecule has 5 N–H and O–H groups in total. The molecule has 46 valence electrons. The summed E-state index contributed by atoms with van der Waals surface area (Å²) in [5, 5.41) is 7.70. The topological polar surface area (TPSA) is 110 Å². The Bertz CT molecular complexity index is 108. The Morgan fingerprint density at radius 3 is 1.50 bits per heavy atom. The lowest BCUT2D eigenvalue weighted by Crippen LogP contribution is -2.41. The summed E-state index contributed by atoms with van der Waals surface area (Å²) in [5.41, 5.74) is 8.75. The van der Waals surface area contributed by atoms with Crippen molar-refractivity contribution in [3.05, 3.63) is 0 Å². The summed E-state index contributed by atoms with van der Waals surface area (Å²) in [6, 6.07) is -2.59. The molecule has 0 heterocycles. The average molecular weight is 119 g/mol. The van der Waals surface area contributed by atoms with Crippen LogP contribution in [0.25, 0.3) is 0 Å². The molecule has 0 unspecified atom stereocenters. The molecule has 0 radical (unpaired) electrons. The van der Waals surface area contributed by atoms with Crippen LogP contribution in [0.2, 0.25) is 0 Å². The number of carbonyl (C=O) groups is 2. The highest BCUT2D eigenvalue weighted by Crippen LogP contribution is 1.75. The van der Waals surface area contributed by atoms with Gasteiger partial charge in [-0.05, 0) is 0 Å². The second kappa shape index (κ2) is 2.12. The number of imide groups is 1. The van der Waals surface area contributed by atoms with Crippen LogP contribution in [0.3, 0.4) is 0 Å². The van der Waals surface area contributed by atoms with E-state index in [-0.39, 0.29) is 5.06 Å². The van der Waals surface area contributed by atoms with Crippen LogP contribution in [-0.4, -0.2) is 22.3 Å². The van der Waals surface area contributed by atoms with Gasteiger partial charge in [0.05, 0.1) is 0 Å². The van der Waals surface area contributed by atoms with Gasteiger partial charge in [0.15, 0.2) is 0 Å². The van der Waals surface area contributed by atoms with Crippen LogP contribution >= 0.6 is 0 Å². The van der Waals surface area contributed by atoms with E-state index in [1.807, 2.05) is 0 Å². The molecule has 0 rings (SSSR count). The maximum Gasteiger partial charge on any atom is 0.347 e. The van der Waals surface area contributed by atoms with Gasteiger partial charge in [-0.3, -0.25) is 5.21 Å². The van der Waals surface area contributed by atoms with Crippen molar-refractivity contribution in [2.24, 2.45) is 11.5 Å². The third-order valence-electron chi connectivity index (χ3n) is 0.418. The Labute approximate surface area is 44.6 Å². The predicted molar refractivity (Wildman–Crippen MR) is 22.8 cm³/mol. The number of hydrogen-bond donors (Lipinski definition) is 3. The molecule has 4 amide bonds. The third kappa shape index (κ3) is 1.43. The molecule has 6 nitrogen and oxygen atoms in total. The normalized spacial score (nSPS) is 8.12. The highest BCUT2D eigenvalue weighted by molar-refractivity contribution is 5.89. The third-order valence-corrected chi connectivity index (χ3v) is 0.418. The van der Waals surface area contributed by atoms with E-state index in [9.17, 15) is 9.59 Å². The zero-order valence-electron chi connectivity index (χ0n) is 3.87. The highest BCUT2D eigenvalue weighted by atomic mass is 16.5. The van der Waals surface area contributed by atoms with Crippen molar-refractivity contribution in [1.82, 2.24) is 5.06 Å². The van der Waals surface area contributed by atoms with E-state index in [4.69, 9.17) is 5.21 Å². The van der Waals surface area contributed by atoms with E-state index in [1.165, 1.54) is 0 Å². The van der Waals surface area contributed by atoms with Crippen LogP contribution < -0.4 is 11.5 Å². The molecule has 0 saturated heterocycles. The predicted octanol–water partition coefficient (Wildman–Crippen LogP) is -1.17. The summed E-state index contributed by atoms with van der Waals surface area (Å²) in [5.74, 6) is 0. The minimum atomic E-state index is -1.29. The van der Waals surface area contributed by atoms with Gasteiger partial charge in [-0.2, -0.15) is 0 Å². The number of urea groups is 2. The van der Waals surface area contributed by atoms with E-state index in [0.29, 0.717) is 0 Å². The molecule has 0 spiro atoms. The Hall–Kier alpha value is -1.30. The van der Waals surface area contributed by atoms with E-state index in [2.05, 4.69) is 11.5 Å². The van der Waals surface area contributed by atoms with Crippen LogP contribution in [0.1, 0.15) is 0 Å². The number of hydrogen-bond acceptors (Lipinski definition) is 3. The van der Waals surface area contributed by atoms with Crippen molar-refractivity contribution in [2.75, 3.05) is 0 Å². The van der Waals surface area contributed by atoms with Crippen LogP contribution in [-0.2, 0) is 0 Å². The van der Waals surface area contributed by atoms with E-state index < -0.39 is 12.1 Å². The first kappa shape index (κ1) is 6.70. The standard InChI is InChI=1S/C2H5N3O3/c3-1(6)5(8)2(4)7/h8H,(H2,3,6)(H2,4,7). The number of amides is 4. The number of hydroxylamine groups is 2. The molecule has 0 bridgehead atoms. The number of primary amides is 2. The van der Waals surface area contributed by atoms with Crippen LogP contribution in [0.15, 0.2) is 0 Å². The first-order valence-electron chi connectivity index (χ1n) is 1.63. The van der Waals surface area contributed by atoms with Gasteiger partial charge in [0.2, 0.25) is 0 Å². The molecule has 0 aliphatic heterocycles. The van der Waals surface area contributed by atoms with E-state index in [1.54, 1.807) is 0 Å². The van der Waals surface area contributed by atoms with Crippen molar-refractivity contribution in [3.63, 3.8) is 0 Å². The van der Waals surface area contributed by atoms with Gasteiger partial charge in [-0.15, -0.1) is 5.06 Å². The minimum Gasteiger partial charge on any atom is -0.349 e. The molecular weight excluding hydrogens is 114 g/mol. The van der Waals surface area contributed by atoms with Crippen LogP contribution in [0.5, 0.6) is 0 Å². The Balaban J connectivity index is 3.83. The molecule has 0 fully saturated rings. The summed E-state index contributed by atoms with van der Waals surface area (Å²) < 4.78 is 0. The van der Waals surface area contributed by atoms with Crippen molar-refractivity contribution >= 4 is 12.1 Å². The van der Waals surface area contributed by atoms with Gasteiger partial charge in [-0.25, -0.2) is 9.59 Å². The monoisotopic (exact) mass is 119 g/mol. The van der Waals surface area contributed by atoms with Gasteiger partial charge in [0.1, 0.15) is 0 Å². The van der Waals surface area contributed by atoms with E-state index in [0.717, 1.165) is 0 Å². The molecule has 0 aliphatic carbocycles. The minimum absolute atomic E-state index is 0.389. The molecular formula is C2H5N3O3. The largest absolute Gasteiger partial charge is 0.349 e. The molecule has 0 aromatic rings. The number of rotatable bonds is 0. The molecule has 8 heavy (non-hydrogen) atoms. The molecule has 0 aromatic carbocycles.